The van der Waals surface area contributed by atoms with Gasteiger partial charge in [-0.05, 0) is 96.0 Å². The Morgan fingerprint density at radius 1 is 0.579 bits per heavy atom. The van der Waals surface area contributed by atoms with E-state index in [-0.39, 0.29) is 25.8 Å². The number of nitrogens with zero attached hydrogens (tertiary/aromatic N) is 1. The molecule has 2 atom stereocenters. The number of carbonyl (C=O) groups excluding carboxylic acids is 1. The van der Waals surface area contributed by atoms with Crippen LogP contribution in [0.4, 0.5) is 0 Å². The van der Waals surface area contributed by atoms with E-state index in [4.69, 9.17) is 18.5 Å². The van der Waals surface area contributed by atoms with Crippen molar-refractivity contribution < 1.29 is 37.3 Å². The summed E-state index contributed by atoms with van der Waals surface area (Å²) >= 11 is 0. The van der Waals surface area contributed by atoms with E-state index in [0.717, 1.165) is 83.5 Å². The van der Waals surface area contributed by atoms with Gasteiger partial charge in [-0.2, -0.15) is 0 Å². The second-order valence-corrected chi connectivity index (χ2v) is 17.2. The summed E-state index contributed by atoms with van der Waals surface area (Å²) in [4.78, 5) is 22.7. The lowest BCUT2D eigenvalue weighted by Crippen LogP contribution is -2.37. The summed E-state index contributed by atoms with van der Waals surface area (Å²) < 4.78 is 34.7. The number of allylic oxidation sites excluding steroid dienone is 13. The number of rotatable bonds is 40. The van der Waals surface area contributed by atoms with Gasteiger partial charge < -0.3 is 18.9 Å². The molecule has 0 aromatic rings. The highest BCUT2D eigenvalue weighted by Gasteiger charge is 2.25. The quantitative estimate of drug-likeness (QED) is 0.0164. The minimum Gasteiger partial charge on any atom is -0.492 e. The summed E-state index contributed by atoms with van der Waals surface area (Å²) in [6.45, 7) is 4.72. The number of carbonyl (C=O) groups is 1. The van der Waals surface area contributed by atoms with Crippen LogP contribution in [0.1, 0.15) is 162 Å². The Hall–Kier alpha value is -2.48. The fourth-order valence-electron chi connectivity index (χ4n) is 5.50. The highest BCUT2D eigenvalue weighted by Crippen LogP contribution is 2.43. The van der Waals surface area contributed by atoms with Crippen LogP contribution in [0.3, 0.4) is 0 Å². The molecular weight excluding hydrogens is 734 g/mol. The molecule has 0 saturated heterocycles. The largest absolute Gasteiger partial charge is 0.492 e. The molecule has 2 unspecified atom stereocenters. The van der Waals surface area contributed by atoms with Crippen molar-refractivity contribution in [1.29, 1.82) is 0 Å². The van der Waals surface area contributed by atoms with Crippen LogP contribution in [0, 0.1) is 0 Å². The molecule has 0 aliphatic carbocycles. The SMILES string of the molecule is CC/C=C\C/C=C\C/C=C\C/C=C\C/C=C\CCCCCC(=O)OCC(COP(=O)(O)OCC[N+](C)(C)C)O/C=C\CCCCCC/C=C\CCCCCCCC. The van der Waals surface area contributed by atoms with Crippen LogP contribution in [0.2, 0.25) is 0 Å². The fraction of sp³-hybridized carbons (Fsp3) is 0.688. The first kappa shape index (κ1) is 54.5. The minimum absolute atomic E-state index is 0.0749. The van der Waals surface area contributed by atoms with Crippen LogP contribution < -0.4 is 0 Å². The van der Waals surface area contributed by atoms with Crippen molar-refractivity contribution in [3.05, 3.63) is 85.3 Å². The van der Waals surface area contributed by atoms with Gasteiger partial charge in [0.25, 0.3) is 0 Å². The third-order valence-electron chi connectivity index (χ3n) is 9.03. The summed E-state index contributed by atoms with van der Waals surface area (Å²) in [6.07, 6.45) is 54.3. The summed E-state index contributed by atoms with van der Waals surface area (Å²) in [7, 11) is 1.63. The lowest BCUT2D eigenvalue weighted by atomic mass is 10.1. The van der Waals surface area contributed by atoms with Gasteiger partial charge in [0.1, 0.15) is 19.8 Å². The summed E-state index contributed by atoms with van der Waals surface area (Å²) in [5, 5.41) is 0. The molecule has 0 radical (unpaired) electrons. The van der Waals surface area contributed by atoms with Gasteiger partial charge in [0.05, 0.1) is 34.0 Å². The van der Waals surface area contributed by atoms with E-state index in [0.29, 0.717) is 17.4 Å². The average Bonchev–Trinajstić information content (AvgIpc) is 3.17. The number of ether oxygens (including phenoxy) is 2. The Labute approximate surface area is 350 Å². The first-order chi connectivity index (χ1) is 27.6. The molecular formula is C48H85NO7P+. The number of phosphoric acid groups is 1. The Kier molecular flexibility index (Phi) is 38.6. The van der Waals surface area contributed by atoms with Gasteiger partial charge in [-0.15, -0.1) is 0 Å². The Morgan fingerprint density at radius 3 is 1.56 bits per heavy atom. The Morgan fingerprint density at radius 2 is 1.04 bits per heavy atom. The van der Waals surface area contributed by atoms with E-state index in [1.54, 1.807) is 6.26 Å². The van der Waals surface area contributed by atoms with E-state index in [9.17, 15) is 14.3 Å². The van der Waals surface area contributed by atoms with Gasteiger partial charge in [0, 0.05) is 6.42 Å². The molecule has 0 aromatic heterocycles. The van der Waals surface area contributed by atoms with Crippen molar-refractivity contribution in [2.45, 2.75) is 168 Å². The number of likely N-dealkylation sites (N-methyl/N-ethyl adjacent to an activating group) is 1. The number of quaternary nitrogens is 1. The highest BCUT2D eigenvalue weighted by atomic mass is 31.2. The number of unbranched alkanes of at least 4 members (excludes halogenated alkanes) is 14. The lowest BCUT2D eigenvalue weighted by molar-refractivity contribution is -0.870. The molecule has 0 spiro atoms. The van der Waals surface area contributed by atoms with E-state index in [1.165, 1.54) is 57.8 Å². The van der Waals surface area contributed by atoms with Crippen molar-refractivity contribution in [3.8, 4) is 0 Å². The topological polar surface area (TPSA) is 91.3 Å². The average molecular weight is 819 g/mol. The molecule has 57 heavy (non-hydrogen) atoms. The Balaban J connectivity index is 4.37. The van der Waals surface area contributed by atoms with E-state index in [1.807, 2.05) is 27.2 Å². The van der Waals surface area contributed by atoms with Crippen molar-refractivity contribution in [3.63, 3.8) is 0 Å². The molecule has 328 valence electrons. The second kappa shape index (κ2) is 40.3. The molecule has 0 saturated carbocycles. The minimum atomic E-state index is -4.28. The first-order valence-corrected chi connectivity index (χ1v) is 23.9. The maximum Gasteiger partial charge on any atom is 0.472 e. The van der Waals surface area contributed by atoms with Crippen LogP contribution in [0.5, 0.6) is 0 Å². The van der Waals surface area contributed by atoms with Gasteiger partial charge in [0.2, 0.25) is 0 Å². The van der Waals surface area contributed by atoms with Crippen molar-refractivity contribution in [1.82, 2.24) is 0 Å². The molecule has 0 rings (SSSR count). The van der Waals surface area contributed by atoms with Crippen molar-refractivity contribution in [2.75, 3.05) is 47.5 Å². The van der Waals surface area contributed by atoms with Crippen LogP contribution >= 0.6 is 7.82 Å². The molecule has 8 nitrogen and oxygen atoms in total. The summed E-state index contributed by atoms with van der Waals surface area (Å²) in [6, 6.07) is 0. The molecule has 0 bridgehead atoms. The van der Waals surface area contributed by atoms with Crippen LogP contribution in [0.15, 0.2) is 85.3 Å². The highest BCUT2D eigenvalue weighted by molar-refractivity contribution is 7.47. The number of hydrogen-bond donors (Lipinski definition) is 1. The smallest absolute Gasteiger partial charge is 0.472 e. The maximum atomic E-state index is 12.5. The van der Waals surface area contributed by atoms with Crippen molar-refractivity contribution >= 4 is 13.8 Å². The predicted octanol–water partition coefficient (Wildman–Crippen LogP) is 13.6. The van der Waals surface area contributed by atoms with E-state index >= 15 is 0 Å². The van der Waals surface area contributed by atoms with Gasteiger partial charge in [0.15, 0.2) is 6.10 Å². The zero-order chi connectivity index (χ0) is 42.0. The third kappa shape index (κ3) is 44.5. The number of esters is 1. The van der Waals surface area contributed by atoms with Crippen molar-refractivity contribution in [2.24, 2.45) is 0 Å². The van der Waals surface area contributed by atoms with Gasteiger partial charge in [-0.1, -0.05) is 138 Å². The maximum absolute atomic E-state index is 12.5. The third-order valence-corrected chi connectivity index (χ3v) is 10.0. The normalized spacial score (nSPS) is 14.5. The van der Waals surface area contributed by atoms with Crippen LogP contribution in [-0.2, 0) is 27.9 Å². The standard InChI is InChI=1S/C48H84NO7P/c1-6-8-10-12-14-16-18-20-22-24-25-26-27-29-31-33-35-37-39-41-48(50)54-45-47(46-56-57(51,52)55-44-42-49(3,4)5)53-43-40-38-36-34-32-30-28-23-21-19-17-15-13-11-9-7-2/h8,10,14,16,20-23,25-26,29,31,40,43,47H,6-7,9,11-13,15,17-19,24,27-28,30,32-39,41-42,44-46H2,1-5H3/p+1/b10-8-,16-14-,22-20-,23-21-,26-25-,31-29-,43-40-. The molecule has 0 aliphatic rings. The number of phosphoric ester groups is 1. The lowest BCUT2D eigenvalue weighted by Gasteiger charge is -2.24. The van der Waals surface area contributed by atoms with Gasteiger partial charge in [-0.25, -0.2) is 4.57 Å². The molecule has 0 aromatic carbocycles. The predicted molar refractivity (Wildman–Crippen MR) is 242 cm³/mol. The molecule has 0 amide bonds. The first-order valence-electron chi connectivity index (χ1n) is 22.4. The van der Waals surface area contributed by atoms with E-state index in [2.05, 4.69) is 86.8 Å². The monoisotopic (exact) mass is 819 g/mol. The van der Waals surface area contributed by atoms with E-state index < -0.39 is 13.9 Å². The summed E-state index contributed by atoms with van der Waals surface area (Å²) in [5.74, 6) is -0.314. The van der Waals surface area contributed by atoms with Crippen LogP contribution in [0.25, 0.3) is 0 Å². The molecule has 0 heterocycles. The van der Waals surface area contributed by atoms with Crippen LogP contribution in [-0.4, -0.2) is 69.0 Å². The number of hydrogen-bond acceptors (Lipinski definition) is 6. The molecule has 0 fully saturated rings. The fourth-order valence-corrected chi connectivity index (χ4v) is 6.24. The van der Waals surface area contributed by atoms with Gasteiger partial charge >= 0.3 is 13.8 Å². The molecule has 1 N–H and O–H groups in total. The molecule has 0 aliphatic heterocycles. The zero-order valence-electron chi connectivity index (χ0n) is 37.0. The summed E-state index contributed by atoms with van der Waals surface area (Å²) in [5.41, 5.74) is 0. The second-order valence-electron chi connectivity index (χ2n) is 15.8. The zero-order valence-corrected chi connectivity index (χ0v) is 37.9. The Bertz CT molecular complexity index is 1180. The molecule has 9 heteroatoms. The van der Waals surface area contributed by atoms with Gasteiger partial charge in [-0.3, -0.25) is 13.8 Å².